The van der Waals surface area contributed by atoms with Crippen molar-refractivity contribution in [3.05, 3.63) is 16.5 Å². The van der Waals surface area contributed by atoms with Gasteiger partial charge in [0.2, 0.25) is 5.28 Å². The third-order valence-corrected chi connectivity index (χ3v) is 3.55. The number of hydrogen-bond acceptors (Lipinski definition) is 4. The second-order valence-electron chi connectivity index (χ2n) is 4.34. The first-order valence-electron chi connectivity index (χ1n) is 5.99. The zero-order chi connectivity index (χ0) is 13.8. The molecule has 2 rings (SSSR count). The van der Waals surface area contributed by atoms with Crippen molar-refractivity contribution in [1.82, 2.24) is 14.9 Å². The summed E-state index contributed by atoms with van der Waals surface area (Å²) < 4.78 is 0. The number of rotatable bonds is 3. The van der Waals surface area contributed by atoms with E-state index < -0.39 is 6.09 Å². The lowest BCUT2D eigenvalue weighted by Crippen LogP contribution is -2.46. The number of likely N-dealkylation sites (tertiary alicyclic amines) is 1. The Kier molecular flexibility index (Phi) is 4.66. The highest BCUT2D eigenvalue weighted by molar-refractivity contribution is 6.33. The third kappa shape index (κ3) is 3.61. The van der Waals surface area contributed by atoms with E-state index in [2.05, 4.69) is 15.3 Å². The minimum absolute atomic E-state index is 0.0731. The van der Waals surface area contributed by atoms with Gasteiger partial charge in [-0.3, -0.25) is 0 Å². The van der Waals surface area contributed by atoms with E-state index in [1.54, 1.807) is 0 Å². The molecule has 2 heterocycles. The normalized spacial score (nSPS) is 19.3. The van der Waals surface area contributed by atoms with Crippen LogP contribution in [0.3, 0.4) is 0 Å². The van der Waals surface area contributed by atoms with Gasteiger partial charge in [0.15, 0.2) is 0 Å². The molecule has 0 unspecified atom stereocenters. The Morgan fingerprint density at radius 1 is 1.53 bits per heavy atom. The number of carbonyl (C=O) groups is 1. The molecule has 1 saturated heterocycles. The molecule has 1 aromatic rings. The fourth-order valence-corrected chi connectivity index (χ4v) is 2.44. The summed E-state index contributed by atoms with van der Waals surface area (Å²) in [6, 6.07) is -0.0731. The highest BCUT2D eigenvalue weighted by atomic mass is 35.5. The van der Waals surface area contributed by atoms with Crippen LogP contribution in [0.25, 0.3) is 0 Å². The predicted molar refractivity (Wildman–Crippen MR) is 72.9 cm³/mol. The number of nitrogens with one attached hydrogen (secondary N) is 1. The van der Waals surface area contributed by atoms with Crippen molar-refractivity contribution in [1.29, 1.82) is 0 Å². The van der Waals surface area contributed by atoms with E-state index in [0.717, 1.165) is 19.3 Å². The number of amides is 1. The summed E-state index contributed by atoms with van der Waals surface area (Å²) in [6.45, 7) is 1.03. The predicted octanol–water partition coefficient (Wildman–Crippen LogP) is 2.73. The van der Waals surface area contributed by atoms with Crippen LogP contribution in [0, 0.1) is 0 Å². The quantitative estimate of drug-likeness (QED) is 0.840. The van der Waals surface area contributed by atoms with E-state index in [-0.39, 0.29) is 11.3 Å². The molecule has 6 nitrogen and oxygen atoms in total. The summed E-state index contributed by atoms with van der Waals surface area (Å²) in [6.07, 6.45) is 3.28. The summed E-state index contributed by atoms with van der Waals surface area (Å²) in [5.41, 5.74) is 0. The Hall–Kier alpha value is -1.27. The Balaban J connectivity index is 2.00. The molecular weight excluding hydrogens is 291 g/mol. The van der Waals surface area contributed by atoms with Crippen molar-refractivity contribution in [3.8, 4) is 0 Å². The Morgan fingerprint density at radius 3 is 3.05 bits per heavy atom. The number of nitrogens with zero attached hydrogens (tertiary/aromatic N) is 3. The fraction of sp³-hybridized carbons (Fsp3) is 0.545. The molecule has 0 aromatic carbocycles. The Morgan fingerprint density at radius 2 is 2.32 bits per heavy atom. The van der Waals surface area contributed by atoms with Crippen LogP contribution in [0.4, 0.5) is 10.6 Å². The fourth-order valence-electron chi connectivity index (χ4n) is 2.15. The highest BCUT2D eigenvalue weighted by Crippen LogP contribution is 2.21. The number of carboxylic acid groups (broad SMARTS) is 1. The maximum Gasteiger partial charge on any atom is 0.407 e. The molecule has 0 radical (unpaired) electrons. The lowest BCUT2D eigenvalue weighted by molar-refractivity contribution is 0.110. The van der Waals surface area contributed by atoms with Crippen molar-refractivity contribution in [2.45, 2.75) is 25.3 Å². The molecule has 0 bridgehead atoms. The monoisotopic (exact) mass is 304 g/mol. The van der Waals surface area contributed by atoms with Gasteiger partial charge in [0.25, 0.3) is 0 Å². The first kappa shape index (κ1) is 14.1. The van der Waals surface area contributed by atoms with Crippen LogP contribution in [0.2, 0.25) is 10.3 Å². The largest absolute Gasteiger partial charge is 0.465 e. The van der Waals surface area contributed by atoms with Gasteiger partial charge in [-0.05, 0) is 30.9 Å². The van der Waals surface area contributed by atoms with Crippen LogP contribution < -0.4 is 5.32 Å². The molecule has 0 aliphatic carbocycles. The van der Waals surface area contributed by atoms with Crippen molar-refractivity contribution >= 4 is 35.1 Å². The summed E-state index contributed by atoms with van der Waals surface area (Å²) >= 11 is 11.6. The van der Waals surface area contributed by atoms with E-state index >= 15 is 0 Å². The smallest absolute Gasteiger partial charge is 0.407 e. The molecule has 2 N–H and O–H groups in total. The average Bonchev–Trinajstić information content (AvgIpc) is 2.40. The number of hydrogen-bond donors (Lipinski definition) is 2. The van der Waals surface area contributed by atoms with E-state index in [1.165, 1.54) is 11.1 Å². The van der Waals surface area contributed by atoms with Gasteiger partial charge in [-0.2, -0.15) is 4.98 Å². The molecule has 1 aliphatic rings. The molecule has 1 aliphatic heterocycles. The average molecular weight is 305 g/mol. The minimum atomic E-state index is -0.890. The first-order valence-corrected chi connectivity index (χ1v) is 6.75. The number of piperidine rings is 1. The molecule has 1 atom stereocenters. The molecule has 1 aromatic heterocycles. The van der Waals surface area contributed by atoms with Gasteiger partial charge in [-0.1, -0.05) is 11.6 Å². The maximum atomic E-state index is 11.1. The topological polar surface area (TPSA) is 78.4 Å². The lowest BCUT2D eigenvalue weighted by Gasteiger charge is -2.33. The number of aromatic nitrogens is 2. The van der Waals surface area contributed by atoms with E-state index in [9.17, 15) is 4.79 Å². The van der Waals surface area contributed by atoms with E-state index in [4.69, 9.17) is 28.3 Å². The van der Waals surface area contributed by atoms with Crippen LogP contribution in [0.1, 0.15) is 19.3 Å². The van der Waals surface area contributed by atoms with Gasteiger partial charge in [-0.25, -0.2) is 9.78 Å². The molecule has 8 heteroatoms. The number of anilines is 1. The minimum Gasteiger partial charge on any atom is -0.465 e. The second-order valence-corrected chi connectivity index (χ2v) is 5.09. The van der Waals surface area contributed by atoms with Crippen LogP contribution in [0.5, 0.6) is 0 Å². The lowest BCUT2D eigenvalue weighted by atomic mass is 10.0. The third-order valence-electron chi connectivity index (χ3n) is 3.09. The van der Waals surface area contributed by atoms with Crippen molar-refractivity contribution < 1.29 is 9.90 Å². The number of halogens is 2. The van der Waals surface area contributed by atoms with Gasteiger partial charge in [0.05, 0.1) is 12.2 Å². The van der Waals surface area contributed by atoms with Crippen molar-refractivity contribution in [3.63, 3.8) is 0 Å². The SMILES string of the molecule is O=C(O)N1CCCC[C@H]1CNc1nc(Cl)ncc1Cl. The first-order chi connectivity index (χ1) is 9.08. The molecule has 1 amide bonds. The Bertz CT molecular complexity index is 472. The van der Waals surface area contributed by atoms with Crippen LogP contribution in [-0.4, -0.2) is 45.2 Å². The van der Waals surface area contributed by atoms with Gasteiger partial charge in [0.1, 0.15) is 10.8 Å². The molecule has 0 spiro atoms. The Labute approximate surface area is 120 Å². The summed E-state index contributed by atoms with van der Waals surface area (Å²) in [4.78, 5) is 20.3. The molecule has 104 valence electrons. The van der Waals surface area contributed by atoms with Gasteiger partial charge in [0, 0.05) is 13.1 Å². The standard InChI is InChI=1S/C11H14Cl2N4O2/c12-8-6-15-10(13)16-9(8)14-5-7-3-1-2-4-17(7)11(18)19/h6-7H,1-5H2,(H,18,19)(H,14,15,16)/t7-/m0/s1. The van der Waals surface area contributed by atoms with Crippen molar-refractivity contribution in [2.75, 3.05) is 18.4 Å². The van der Waals surface area contributed by atoms with E-state index in [0.29, 0.717) is 23.9 Å². The van der Waals surface area contributed by atoms with Gasteiger partial charge >= 0.3 is 6.09 Å². The molecule has 19 heavy (non-hydrogen) atoms. The summed E-state index contributed by atoms with van der Waals surface area (Å²) in [5.74, 6) is 0.428. The van der Waals surface area contributed by atoms with Crippen LogP contribution in [0.15, 0.2) is 6.20 Å². The van der Waals surface area contributed by atoms with E-state index in [1.807, 2.05) is 0 Å². The van der Waals surface area contributed by atoms with Crippen molar-refractivity contribution in [2.24, 2.45) is 0 Å². The summed E-state index contributed by atoms with van der Waals surface area (Å²) in [7, 11) is 0. The zero-order valence-electron chi connectivity index (χ0n) is 10.1. The van der Waals surface area contributed by atoms with Gasteiger partial charge in [-0.15, -0.1) is 0 Å². The molecule has 0 saturated carbocycles. The zero-order valence-corrected chi connectivity index (χ0v) is 11.7. The summed E-state index contributed by atoms with van der Waals surface area (Å²) in [5, 5.41) is 12.6. The maximum absolute atomic E-state index is 11.1. The second kappa shape index (κ2) is 6.25. The van der Waals surface area contributed by atoms with Crippen LogP contribution >= 0.6 is 23.2 Å². The molecular formula is C11H14Cl2N4O2. The highest BCUT2D eigenvalue weighted by Gasteiger charge is 2.26. The van der Waals surface area contributed by atoms with Gasteiger partial charge < -0.3 is 15.3 Å². The van der Waals surface area contributed by atoms with Crippen LogP contribution in [-0.2, 0) is 0 Å². The molecule has 1 fully saturated rings.